The number of carbonyl (C=O) groups is 7. The third-order valence-electron chi connectivity index (χ3n) is 26.7. The van der Waals surface area contributed by atoms with Crippen LogP contribution in [0.15, 0.2) is 206 Å². The van der Waals surface area contributed by atoms with Crippen LogP contribution < -0.4 is 0 Å². The van der Waals surface area contributed by atoms with Crippen molar-refractivity contribution in [1.82, 2.24) is 0 Å². The molecule has 6 aliphatic rings. The summed E-state index contributed by atoms with van der Waals surface area (Å²) in [5.74, 6) is -4.64. The number of hydrogen-bond donors (Lipinski definition) is 0. The summed E-state index contributed by atoms with van der Waals surface area (Å²) < 4.78 is 132. The molecule has 41 heteroatoms. The summed E-state index contributed by atoms with van der Waals surface area (Å²) >= 11 is -1.50. The smallest absolute Gasteiger partial charge is 0.338 e. The molecule has 148 heavy (non-hydrogen) atoms. The van der Waals surface area contributed by atoms with Gasteiger partial charge in [0, 0.05) is 114 Å². The Morgan fingerprint density at radius 3 is 1.14 bits per heavy atom. The zero-order valence-corrected chi connectivity index (χ0v) is 86.6. The fourth-order valence-corrected chi connectivity index (χ4v) is 18.9. The molecule has 0 amide bonds. The first-order valence-electron chi connectivity index (χ1n) is 48.8. The van der Waals surface area contributed by atoms with Crippen LogP contribution in [0.4, 0.5) is 22.7 Å². The van der Waals surface area contributed by atoms with E-state index in [0.29, 0.717) is 83.0 Å². The first kappa shape index (κ1) is 119. The molecule has 39 nitrogen and oxygen atoms in total. The van der Waals surface area contributed by atoms with Gasteiger partial charge < -0.3 is 75.8 Å². The third-order valence-corrected chi connectivity index (χ3v) is 26.7. The molecule has 802 valence electrons. The van der Waals surface area contributed by atoms with Crippen LogP contribution in [-0.2, 0) is 126 Å². The van der Waals surface area contributed by atoms with E-state index in [4.69, 9.17) is 92.6 Å². The van der Waals surface area contributed by atoms with Gasteiger partial charge in [-0.15, -0.1) is 0 Å². The number of nitrogens with zero attached hydrogens (tertiary/aromatic N) is 4. The number of benzene rings is 6. The first-order valence-corrected chi connectivity index (χ1v) is 50.2. The van der Waals surface area contributed by atoms with Crippen LogP contribution in [-0.4, -0.2) is 236 Å². The van der Waals surface area contributed by atoms with E-state index in [0.717, 1.165) is 60.0 Å². The van der Waals surface area contributed by atoms with Crippen LogP contribution in [0.25, 0.3) is 0 Å². The van der Waals surface area contributed by atoms with E-state index in [1.165, 1.54) is 104 Å². The highest BCUT2D eigenvalue weighted by molar-refractivity contribution is 7.52. The molecular weight excluding hydrogens is 1970 g/mol. The minimum Gasteiger partial charge on any atom is -0.465 e. The molecule has 6 aliphatic heterocycles. The van der Waals surface area contributed by atoms with Gasteiger partial charge in [0.2, 0.25) is 0 Å². The van der Waals surface area contributed by atoms with Crippen molar-refractivity contribution in [3.63, 3.8) is 0 Å². The van der Waals surface area contributed by atoms with Gasteiger partial charge in [-0.1, -0.05) is 93.9 Å². The number of methoxy groups -OCH3 is 3. The van der Waals surface area contributed by atoms with Gasteiger partial charge in [0.05, 0.1) is 151 Å². The van der Waals surface area contributed by atoms with Crippen LogP contribution in [0.2, 0.25) is 0 Å². The van der Waals surface area contributed by atoms with Crippen molar-refractivity contribution >= 4 is 87.7 Å². The second kappa shape index (κ2) is 57.3. The van der Waals surface area contributed by atoms with Gasteiger partial charge in [-0.3, -0.25) is 50.0 Å². The predicted molar refractivity (Wildman–Crippen MR) is 537 cm³/mol. The highest BCUT2D eigenvalue weighted by Gasteiger charge is 2.53. The lowest BCUT2D eigenvalue weighted by molar-refractivity contribution is -0.385. The van der Waals surface area contributed by atoms with Crippen molar-refractivity contribution < 1.29 is 146 Å². The number of esters is 7. The van der Waals surface area contributed by atoms with E-state index < -0.39 is 163 Å². The maximum absolute atomic E-state index is 13.7. The molecule has 0 radical (unpaired) electrons. The Hall–Kier alpha value is -12.6. The van der Waals surface area contributed by atoms with Crippen molar-refractivity contribution in [2.75, 3.05) is 54.4 Å². The molecule has 0 aromatic heterocycles. The Morgan fingerprint density at radius 1 is 0.439 bits per heavy atom. The number of ether oxygens (including phenoxy) is 16. The molecule has 0 bridgehead atoms. The lowest BCUT2D eigenvalue weighted by Gasteiger charge is -2.45. The molecule has 6 heterocycles. The predicted octanol–water partition coefficient (Wildman–Crippen LogP) is 17.0. The van der Waals surface area contributed by atoms with E-state index in [1.54, 1.807) is 14.2 Å². The maximum atomic E-state index is 13.7. The molecule has 0 N–H and O–H groups in total. The largest absolute Gasteiger partial charge is 0.465 e. The molecule has 20 atom stereocenters. The number of hydrogen-bond acceptors (Lipinski definition) is 35. The van der Waals surface area contributed by atoms with Gasteiger partial charge >= 0.3 is 64.9 Å². The Kier molecular flexibility index (Phi) is 46.1. The first-order chi connectivity index (χ1) is 70.4. The number of nitro benzene ring substituents is 4. The molecule has 0 saturated carbocycles. The Bertz CT molecular complexity index is 5580. The summed E-state index contributed by atoms with van der Waals surface area (Å²) in [4.78, 5) is 134. The van der Waals surface area contributed by atoms with E-state index in [2.05, 4.69) is 33.2 Å². The second-order valence-corrected chi connectivity index (χ2v) is 39.9. The molecule has 0 aliphatic carbocycles. The third kappa shape index (κ3) is 35.6. The zero-order valence-electron chi connectivity index (χ0n) is 85.0. The van der Waals surface area contributed by atoms with Gasteiger partial charge in [0.25, 0.3) is 22.7 Å². The number of non-ortho nitro benzene ring substituents is 4. The van der Waals surface area contributed by atoms with Crippen molar-refractivity contribution in [2.45, 2.75) is 274 Å². The van der Waals surface area contributed by atoms with Crippen molar-refractivity contribution in [3.05, 3.63) is 280 Å². The van der Waals surface area contributed by atoms with E-state index >= 15 is 0 Å². The minimum absolute atomic E-state index is 0.00838. The quantitative estimate of drug-likeness (QED) is 0.00855. The van der Waals surface area contributed by atoms with Crippen LogP contribution in [0, 0.1) is 69.0 Å². The highest BCUT2D eigenvalue weighted by Crippen LogP contribution is 2.47. The molecule has 6 saturated heterocycles. The Labute approximate surface area is 866 Å². The monoisotopic (exact) mass is 2100 g/mol. The normalized spacial score (nSPS) is 24.4. The van der Waals surface area contributed by atoms with Gasteiger partial charge in [-0.25, -0.2) is 24.0 Å². The summed E-state index contributed by atoms with van der Waals surface area (Å²) in [6.45, 7) is 32.1. The molecule has 6 fully saturated rings. The van der Waals surface area contributed by atoms with Crippen LogP contribution in [0.3, 0.4) is 0 Å². The van der Waals surface area contributed by atoms with Crippen molar-refractivity contribution in [2.24, 2.45) is 28.6 Å². The lowest BCUT2D eigenvalue weighted by Crippen LogP contribution is -2.50. The lowest BCUT2D eigenvalue weighted by atomic mass is 9.79. The summed E-state index contributed by atoms with van der Waals surface area (Å²) in [5.41, 5.74) is 2.59. The molecule has 4 unspecified atom stereocenters. The van der Waals surface area contributed by atoms with Gasteiger partial charge in [0.1, 0.15) is 37.6 Å². The minimum atomic E-state index is -1.16. The maximum Gasteiger partial charge on any atom is 0.338 e. The Balaban J connectivity index is 0.000000313. The molecule has 12 rings (SSSR count). The number of rotatable bonds is 45. The van der Waals surface area contributed by atoms with Crippen molar-refractivity contribution in [1.29, 1.82) is 0 Å². The zero-order chi connectivity index (χ0) is 108. The highest BCUT2D eigenvalue weighted by atomic mass is 32.1. The summed E-state index contributed by atoms with van der Waals surface area (Å²) in [6, 6.07) is 39.3. The molecule has 6 aromatic rings. The van der Waals surface area contributed by atoms with Crippen LogP contribution >= 0.6 is 0 Å². The fourth-order valence-electron chi connectivity index (χ4n) is 18.9. The molecular formula is C107H132N4O35S2. The topological polar surface area (TPSA) is 508 Å². The van der Waals surface area contributed by atoms with E-state index in [-0.39, 0.29) is 137 Å². The second-order valence-electron chi connectivity index (χ2n) is 39.6. The van der Waals surface area contributed by atoms with E-state index in [9.17, 15) is 74.0 Å². The average molecular weight is 2100 g/mol. The number of nitro groups is 4. The fraction of sp³-hybridized carbons (Fsp3) is 0.523. The summed E-state index contributed by atoms with van der Waals surface area (Å²) in [6.07, 6.45) is 2.23. The SMILES string of the molecule is C=C1C(C[C@@H]2O[C@H](C[C@@H](COC(=O)c3ccc([N+](=O)[O-])cc3)OC(=O)c3ccc([N+](=O)[O-])cc3)[C@H](OC)[C@H]2Cc2ccccc2)OC(CC[C@@H]2O[C@@H](CCCOC(=O)C(C)(C)C)CC2=C)C[C@H]1C.C=C1C[C@H](CCCOC(=O)C(C)(C)C)O[C@H]1CCC1C[C@@](C)(OC(=O)COC)C(=C)C(C[C@@H]2O[C@H](C[C@@H](COC(=O)c3ccc([N+](=O)[O-])cc3)OC(=O)c3ccc([N+](=O)[O-])cc3)[C@H](OC)[C@H]2Cc2ccccc2)O1.O=S=O.O=S=O. The number of carbonyl (C=O) groups excluding carboxylic acids is 7. The van der Waals surface area contributed by atoms with E-state index in [1.807, 2.05) is 109 Å². The van der Waals surface area contributed by atoms with Gasteiger partial charge in [-0.2, -0.15) is 16.8 Å². The Morgan fingerprint density at radius 2 is 0.784 bits per heavy atom. The molecule has 6 aromatic carbocycles. The van der Waals surface area contributed by atoms with Crippen LogP contribution in [0.5, 0.6) is 0 Å². The van der Waals surface area contributed by atoms with Gasteiger partial charge in [-0.05, 0) is 220 Å². The summed E-state index contributed by atoms with van der Waals surface area (Å²) in [5, 5.41) is 45.1. The standard InChI is InChI=1S/C55H68N2O17.C52H64N2O14.2O2S/c1-34-27-41(15-12-26-68-53(61)54(3,4)5)70-45(34)25-24-42-31-55(6,74-49(58)33-66-7)35(2)46(71-42)30-47-44(28-36-13-10-9-11-14-36)50(67-8)48(73-47)29-43(72-52(60)38-18-22-40(23-19-38)57(64)65)32-69-51(59)37-16-20-39(21-17-37)56(62)63;1-32-26-41(23-24-44-33(2)27-40(65-44)14-11-25-63-51(57)52(4,5)6)66-45(34(32)3)30-46-43(28-35-12-9-8-10-13-35)48(62-7)47(68-46)29-42(67-50(56)37-17-21-39(22-18-37)54(60)61)31-64-49(55)36-15-19-38(20-16-36)53(58)59;2*1-3-2/h9-11,13-14,16-23,41-48,50H,1-2,12,15,24-33H2,3-8H3;8-10,12-13,15-22,32,40-48H,2-3,11,14,23-31H2,1,4-7H3;;/t41-,42?,43-,44-,45-,46?,47-,48+,50+,55+;32-,40+,41?,42+,43+,44+,45?,46+,47-,48-;;/m01../s1. The van der Waals surface area contributed by atoms with Crippen molar-refractivity contribution in [3.8, 4) is 0 Å². The summed E-state index contributed by atoms with van der Waals surface area (Å²) in [7, 11) is 4.57. The molecule has 0 spiro atoms. The van der Waals surface area contributed by atoms with Crippen LogP contribution in [0.1, 0.15) is 211 Å². The average Bonchev–Trinajstić information content (AvgIpc) is 1.14. The van der Waals surface area contributed by atoms with Gasteiger partial charge in [0.15, 0.2) is 0 Å².